The van der Waals surface area contributed by atoms with Crippen LogP contribution in [0.4, 0.5) is 11.6 Å². The number of rotatable bonds is 5. The molecule has 100 valence electrons. The first-order valence-corrected chi connectivity index (χ1v) is 6.24. The fourth-order valence-electron chi connectivity index (χ4n) is 1.72. The maximum atomic E-state index is 5.87. The number of benzene rings is 1. The van der Waals surface area contributed by atoms with Crippen LogP contribution in [0.2, 0.25) is 0 Å². The molecule has 0 radical (unpaired) electrons. The minimum absolute atomic E-state index is 0.549. The molecule has 0 bridgehead atoms. The molecule has 5 heteroatoms. The lowest BCUT2D eigenvalue weighted by Crippen LogP contribution is -2.06. The van der Waals surface area contributed by atoms with Gasteiger partial charge in [-0.05, 0) is 31.0 Å². The third kappa shape index (κ3) is 3.34. The Balaban J connectivity index is 2.06. The molecule has 0 fully saturated rings. The van der Waals surface area contributed by atoms with Crippen LogP contribution in [0, 0.1) is 6.92 Å². The molecule has 1 aromatic carbocycles. The van der Waals surface area contributed by atoms with Gasteiger partial charge in [-0.25, -0.2) is 4.98 Å². The van der Waals surface area contributed by atoms with Crippen molar-refractivity contribution in [1.29, 1.82) is 0 Å². The molecule has 5 nitrogen and oxygen atoms in total. The second-order valence-electron chi connectivity index (χ2n) is 4.14. The van der Waals surface area contributed by atoms with Gasteiger partial charge < -0.3 is 15.8 Å². The molecule has 0 spiro atoms. The fourth-order valence-corrected chi connectivity index (χ4v) is 1.72. The monoisotopic (exact) mass is 258 g/mol. The van der Waals surface area contributed by atoms with Crippen LogP contribution in [0.3, 0.4) is 0 Å². The van der Waals surface area contributed by atoms with Crippen LogP contribution in [0.25, 0.3) is 0 Å². The maximum absolute atomic E-state index is 5.87. The lowest BCUT2D eigenvalue weighted by molar-refractivity contribution is 0.326. The summed E-state index contributed by atoms with van der Waals surface area (Å²) in [6, 6.07) is 7.60. The summed E-state index contributed by atoms with van der Waals surface area (Å²) in [6.45, 7) is 5.15. The zero-order chi connectivity index (χ0) is 13.7. The van der Waals surface area contributed by atoms with E-state index in [2.05, 4.69) is 15.3 Å². The van der Waals surface area contributed by atoms with E-state index in [4.69, 9.17) is 10.5 Å². The molecule has 1 heterocycles. The molecule has 0 amide bonds. The molecule has 19 heavy (non-hydrogen) atoms. The van der Waals surface area contributed by atoms with Crippen LogP contribution in [-0.4, -0.2) is 16.6 Å². The highest BCUT2D eigenvalue weighted by Crippen LogP contribution is 2.16. The molecule has 2 rings (SSSR count). The lowest BCUT2D eigenvalue weighted by Gasteiger charge is -2.10. The smallest absolute Gasteiger partial charge is 0.226 e. The van der Waals surface area contributed by atoms with Crippen LogP contribution in [0.5, 0.6) is 5.88 Å². The van der Waals surface area contributed by atoms with Crippen molar-refractivity contribution in [1.82, 2.24) is 9.97 Å². The Morgan fingerprint density at radius 2 is 2.16 bits per heavy atom. The summed E-state index contributed by atoms with van der Waals surface area (Å²) in [5.74, 6) is 1.12. The third-order valence-electron chi connectivity index (χ3n) is 2.85. The SMILES string of the molecule is CCOc1ccnc(NCc2cccc(N)c2C)n1. The highest BCUT2D eigenvalue weighted by Gasteiger charge is 2.03. The van der Waals surface area contributed by atoms with Gasteiger partial charge in [0.15, 0.2) is 0 Å². The van der Waals surface area contributed by atoms with Gasteiger partial charge in [-0.1, -0.05) is 12.1 Å². The Morgan fingerprint density at radius 3 is 2.95 bits per heavy atom. The summed E-state index contributed by atoms with van der Waals surface area (Å²) in [7, 11) is 0. The number of anilines is 2. The topological polar surface area (TPSA) is 73.1 Å². The Labute approximate surface area is 112 Å². The molecule has 0 saturated heterocycles. The summed E-state index contributed by atoms with van der Waals surface area (Å²) in [6.07, 6.45) is 1.67. The van der Waals surface area contributed by atoms with Gasteiger partial charge >= 0.3 is 0 Å². The van der Waals surface area contributed by atoms with E-state index in [9.17, 15) is 0 Å². The van der Waals surface area contributed by atoms with Crippen LogP contribution in [-0.2, 0) is 6.54 Å². The predicted molar refractivity (Wildman–Crippen MR) is 76.1 cm³/mol. The van der Waals surface area contributed by atoms with Crippen molar-refractivity contribution >= 4 is 11.6 Å². The van der Waals surface area contributed by atoms with E-state index in [0.29, 0.717) is 25.0 Å². The first-order chi connectivity index (χ1) is 9.20. The normalized spacial score (nSPS) is 10.2. The van der Waals surface area contributed by atoms with Crippen LogP contribution < -0.4 is 15.8 Å². The van der Waals surface area contributed by atoms with E-state index in [1.165, 1.54) is 0 Å². The summed E-state index contributed by atoms with van der Waals surface area (Å²) >= 11 is 0. The van der Waals surface area contributed by atoms with Crippen LogP contribution >= 0.6 is 0 Å². The van der Waals surface area contributed by atoms with E-state index in [1.54, 1.807) is 12.3 Å². The summed E-state index contributed by atoms with van der Waals surface area (Å²) < 4.78 is 5.33. The van der Waals surface area contributed by atoms with Crippen molar-refractivity contribution in [2.75, 3.05) is 17.7 Å². The lowest BCUT2D eigenvalue weighted by atomic mass is 10.1. The zero-order valence-electron chi connectivity index (χ0n) is 11.2. The van der Waals surface area contributed by atoms with Crippen molar-refractivity contribution in [3.05, 3.63) is 41.6 Å². The summed E-state index contributed by atoms with van der Waals surface area (Å²) in [4.78, 5) is 8.41. The van der Waals surface area contributed by atoms with Crippen molar-refractivity contribution in [2.45, 2.75) is 20.4 Å². The molecule has 3 N–H and O–H groups in total. The molecular formula is C14H18N4O. The summed E-state index contributed by atoms with van der Waals surface area (Å²) in [5, 5.41) is 3.17. The predicted octanol–water partition coefficient (Wildman–Crippen LogP) is 2.38. The van der Waals surface area contributed by atoms with E-state index in [1.807, 2.05) is 32.0 Å². The third-order valence-corrected chi connectivity index (χ3v) is 2.85. The number of ether oxygens (including phenoxy) is 1. The molecule has 0 aliphatic rings. The first kappa shape index (κ1) is 13.1. The second-order valence-corrected chi connectivity index (χ2v) is 4.14. The van der Waals surface area contributed by atoms with Gasteiger partial charge in [-0.2, -0.15) is 4.98 Å². The van der Waals surface area contributed by atoms with E-state index in [0.717, 1.165) is 16.8 Å². The minimum atomic E-state index is 0.549. The van der Waals surface area contributed by atoms with E-state index >= 15 is 0 Å². The Kier molecular flexibility index (Phi) is 4.18. The Hall–Kier alpha value is -2.30. The zero-order valence-corrected chi connectivity index (χ0v) is 11.2. The molecule has 0 atom stereocenters. The number of nitrogens with two attached hydrogens (primary N) is 1. The molecule has 0 aliphatic carbocycles. The fraction of sp³-hybridized carbons (Fsp3) is 0.286. The van der Waals surface area contributed by atoms with Crippen molar-refractivity contribution in [3.63, 3.8) is 0 Å². The molecule has 0 saturated carbocycles. The first-order valence-electron chi connectivity index (χ1n) is 6.24. The molecule has 1 aromatic heterocycles. The molecular weight excluding hydrogens is 240 g/mol. The minimum Gasteiger partial charge on any atom is -0.478 e. The van der Waals surface area contributed by atoms with E-state index in [-0.39, 0.29) is 0 Å². The second kappa shape index (κ2) is 6.04. The average molecular weight is 258 g/mol. The molecule has 0 aliphatic heterocycles. The van der Waals surface area contributed by atoms with E-state index < -0.39 is 0 Å². The van der Waals surface area contributed by atoms with Gasteiger partial charge in [0.2, 0.25) is 11.8 Å². The molecule has 0 unspecified atom stereocenters. The number of nitrogens with zero attached hydrogens (tertiary/aromatic N) is 2. The maximum Gasteiger partial charge on any atom is 0.226 e. The van der Waals surface area contributed by atoms with Gasteiger partial charge in [-0.15, -0.1) is 0 Å². The van der Waals surface area contributed by atoms with Gasteiger partial charge in [0.05, 0.1) is 6.61 Å². The van der Waals surface area contributed by atoms with Gasteiger partial charge in [0, 0.05) is 24.5 Å². The largest absolute Gasteiger partial charge is 0.478 e. The summed E-state index contributed by atoms with van der Waals surface area (Å²) in [5.41, 5.74) is 8.88. The van der Waals surface area contributed by atoms with Crippen molar-refractivity contribution in [3.8, 4) is 5.88 Å². The standard InChI is InChI=1S/C14H18N4O/c1-3-19-13-7-8-16-14(18-13)17-9-11-5-4-6-12(15)10(11)2/h4-8H,3,9,15H2,1-2H3,(H,16,17,18). The quantitative estimate of drug-likeness (QED) is 0.805. The average Bonchev–Trinajstić information content (AvgIpc) is 2.41. The number of hydrogen-bond acceptors (Lipinski definition) is 5. The van der Waals surface area contributed by atoms with Gasteiger partial charge in [-0.3, -0.25) is 0 Å². The Bertz CT molecular complexity index is 557. The van der Waals surface area contributed by atoms with Crippen LogP contribution in [0.15, 0.2) is 30.5 Å². The number of nitrogens with one attached hydrogen (secondary N) is 1. The number of aromatic nitrogens is 2. The highest BCUT2D eigenvalue weighted by molar-refractivity contribution is 5.50. The molecule has 2 aromatic rings. The van der Waals surface area contributed by atoms with Crippen molar-refractivity contribution in [2.24, 2.45) is 0 Å². The highest BCUT2D eigenvalue weighted by atomic mass is 16.5. The van der Waals surface area contributed by atoms with Crippen LogP contribution in [0.1, 0.15) is 18.1 Å². The van der Waals surface area contributed by atoms with Crippen molar-refractivity contribution < 1.29 is 4.74 Å². The van der Waals surface area contributed by atoms with Gasteiger partial charge in [0.1, 0.15) is 0 Å². The number of hydrogen-bond donors (Lipinski definition) is 2. The number of nitrogen functional groups attached to an aromatic ring is 1. The van der Waals surface area contributed by atoms with Gasteiger partial charge in [0.25, 0.3) is 0 Å². The Morgan fingerprint density at radius 1 is 1.32 bits per heavy atom.